The molecule has 17 heavy (non-hydrogen) atoms. The maximum absolute atomic E-state index is 12.1. The third kappa shape index (κ3) is 2.17. The molecule has 1 saturated heterocycles. The first-order chi connectivity index (χ1) is 8.25. The normalized spacial score (nSPS) is 23.9. The molecule has 1 aliphatic heterocycles. The molecule has 1 unspecified atom stereocenters. The summed E-state index contributed by atoms with van der Waals surface area (Å²) in [5.41, 5.74) is 7.69. The number of nitrogens with two attached hydrogens (primary N) is 1. The molecule has 1 saturated carbocycles. The Balaban J connectivity index is 1.85. The molecule has 92 valence electrons. The second-order valence-electron chi connectivity index (χ2n) is 4.74. The highest BCUT2D eigenvalue weighted by molar-refractivity contribution is 7.14. The third-order valence-electron chi connectivity index (χ3n) is 3.36. The van der Waals surface area contributed by atoms with Crippen molar-refractivity contribution in [1.29, 1.82) is 0 Å². The van der Waals surface area contributed by atoms with Crippen LogP contribution in [0.5, 0.6) is 0 Å². The summed E-state index contributed by atoms with van der Waals surface area (Å²) in [6.45, 7) is 1.49. The maximum Gasteiger partial charge on any atom is 0.254 e. The van der Waals surface area contributed by atoms with Crippen LogP contribution in [0.15, 0.2) is 5.38 Å². The molecule has 1 aliphatic carbocycles. The summed E-state index contributed by atoms with van der Waals surface area (Å²) in [6.07, 6.45) is 3.18. The zero-order valence-electron chi connectivity index (χ0n) is 9.57. The van der Waals surface area contributed by atoms with Crippen molar-refractivity contribution in [1.82, 2.24) is 5.32 Å². The quantitative estimate of drug-likeness (QED) is 0.861. The lowest BCUT2D eigenvalue weighted by atomic mass is 9.97. The number of amides is 1. The predicted octanol–water partition coefficient (Wildman–Crippen LogP) is 1.73. The largest absolute Gasteiger partial charge is 0.390 e. The van der Waals surface area contributed by atoms with Gasteiger partial charge in [0.15, 0.2) is 0 Å². The summed E-state index contributed by atoms with van der Waals surface area (Å²) in [5.74, 6) is 0.330. The van der Waals surface area contributed by atoms with E-state index in [1.165, 1.54) is 11.3 Å². The Bertz CT molecular complexity index is 434. The number of nitrogens with one attached hydrogen (secondary N) is 1. The zero-order valence-corrected chi connectivity index (χ0v) is 10.4. The number of carbonyl (C=O) groups excluding carboxylic acids is 1. The molecule has 2 aliphatic rings. The van der Waals surface area contributed by atoms with Crippen LogP contribution >= 0.6 is 11.3 Å². The van der Waals surface area contributed by atoms with Crippen LogP contribution < -0.4 is 11.1 Å². The molecular formula is C12H16N2O2S. The molecule has 0 aromatic carbocycles. The predicted molar refractivity (Wildman–Crippen MR) is 67.4 cm³/mol. The van der Waals surface area contributed by atoms with Crippen molar-refractivity contribution >= 4 is 22.2 Å². The van der Waals surface area contributed by atoms with E-state index in [9.17, 15) is 4.79 Å². The molecule has 5 heteroatoms. The number of ether oxygens (including phenoxy) is 1. The third-order valence-corrected chi connectivity index (χ3v) is 4.19. The highest BCUT2D eigenvalue weighted by Crippen LogP contribution is 2.35. The lowest BCUT2D eigenvalue weighted by molar-refractivity contribution is 0.0951. The average Bonchev–Trinajstić information content (AvgIpc) is 2.82. The van der Waals surface area contributed by atoms with Crippen LogP contribution in [0, 0.1) is 0 Å². The summed E-state index contributed by atoms with van der Waals surface area (Å²) in [6, 6.07) is 0.370. The van der Waals surface area contributed by atoms with E-state index in [0.717, 1.165) is 31.4 Å². The Labute approximate surface area is 104 Å². The second kappa shape index (κ2) is 4.31. The number of hydrogen-bond acceptors (Lipinski definition) is 4. The van der Waals surface area contributed by atoms with Crippen LogP contribution in [0.4, 0.5) is 5.00 Å². The Hall–Kier alpha value is -1.07. The van der Waals surface area contributed by atoms with Gasteiger partial charge in [0.25, 0.3) is 5.91 Å². The summed E-state index contributed by atoms with van der Waals surface area (Å²) in [7, 11) is 0. The molecular weight excluding hydrogens is 236 g/mol. The van der Waals surface area contributed by atoms with Crippen LogP contribution in [0.2, 0.25) is 0 Å². The van der Waals surface area contributed by atoms with E-state index in [2.05, 4.69) is 5.32 Å². The van der Waals surface area contributed by atoms with Crippen molar-refractivity contribution in [3.05, 3.63) is 16.5 Å². The molecule has 2 fully saturated rings. The van der Waals surface area contributed by atoms with E-state index in [1.807, 2.05) is 5.38 Å². The molecule has 1 atom stereocenters. The summed E-state index contributed by atoms with van der Waals surface area (Å²) in [5, 5.41) is 5.65. The SMILES string of the molecule is Nc1scc(C2CCOC2)c1C(=O)NC1CC1. The van der Waals surface area contributed by atoms with Gasteiger partial charge in [-0.15, -0.1) is 11.3 Å². The van der Waals surface area contributed by atoms with Crippen LogP contribution in [-0.2, 0) is 4.74 Å². The van der Waals surface area contributed by atoms with E-state index in [4.69, 9.17) is 10.5 Å². The van der Waals surface area contributed by atoms with Gasteiger partial charge in [-0.1, -0.05) is 0 Å². The van der Waals surface area contributed by atoms with E-state index in [0.29, 0.717) is 29.1 Å². The Morgan fingerprint density at radius 3 is 2.94 bits per heavy atom. The highest BCUT2D eigenvalue weighted by Gasteiger charge is 2.29. The number of anilines is 1. The van der Waals surface area contributed by atoms with Gasteiger partial charge < -0.3 is 15.8 Å². The van der Waals surface area contributed by atoms with Gasteiger partial charge in [-0.2, -0.15) is 0 Å². The van der Waals surface area contributed by atoms with Crippen LogP contribution in [0.3, 0.4) is 0 Å². The smallest absolute Gasteiger partial charge is 0.254 e. The molecule has 0 radical (unpaired) electrons. The molecule has 1 aromatic rings. The minimum atomic E-state index is -0.00634. The van der Waals surface area contributed by atoms with Crippen LogP contribution in [0.1, 0.15) is 41.1 Å². The first-order valence-electron chi connectivity index (χ1n) is 6.01. The minimum absolute atomic E-state index is 0.00634. The molecule has 4 nitrogen and oxygen atoms in total. The fourth-order valence-corrected chi connectivity index (χ4v) is 3.09. The van der Waals surface area contributed by atoms with Crippen molar-refractivity contribution in [2.24, 2.45) is 0 Å². The number of rotatable bonds is 3. The maximum atomic E-state index is 12.1. The van der Waals surface area contributed by atoms with Crippen molar-refractivity contribution in [2.45, 2.75) is 31.2 Å². The van der Waals surface area contributed by atoms with Crippen molar-refractivity contribution in [2.75, 3.05) is 18.9 Å². The number of hydrogen-bond donors (Lipinski definition) is 2. The van der Waals surface area contributed by atoms with Crippen molar-refractivity contribution in [3.63, 3.8) is 0 Å². The van der Waals surface area contributed by atoms with Crippen LogP contribution in [-0.4, -0.2) is 25.2 Å². The first-order valence-corrected chi connectivity index (χ1v) is 6.89. The van der Waals surface area contributed by atoms with Gasteiger partial charge in [0, 0.05) is 18.6 Å². The molecule has 1 amide bonds. The second-order valence-corrected chi connectivity index (χ2v) is 5.65. The highest BCUT2D eigenvalue weighted by atomic mass is 32.1. The van der Waals surface area contributed by atoms with E-state index < -0.39 is 0 Å². The molecule has 2 heterocycles. The van der Waals surface area contributed by atoms with Gasteiger partial charge in [0.1, 0.15) is 0 Å². The lowest BCUT2D eigenvalue weighted by Gasteiger charge is -2.10. The van der Waals surface area contributed by atoms with E-state index in [1.54, 1.807) is 0 Å². The van der Waals surface area contributed by atoms with Gasteiger partial charge >= 0.3 is 0 Å². The van der Waals surface area contributed by atoms with E-state index >= 15 is 0 Å². The number of carbonyl (C=O) groups is 1. The van der Waals surface area contributed by atoms with Crippen molar-refractivity contribution < 1.29 is 9.53 Å². The van der Waals surface area contributed by atoms with Gasteiger partial charge in [-0.3, -0.25) is 4.79 Å². The molecule has 3 N–H and O–H groups in total. The van der Waals surface area contributed by atoms with Crippen LogP contribution in [0.25, 0.3) is 0 Å². The number of thiophene rings is 1. The summed E-state index contributed by atoms with van der Waals surface area (Å²) < 4.78 is 5.38. The first kappa shape index (κ1) is 11.0. The standard InChI is InChI=1S/C12H16N2O2S/c13-11-10(12(15)14-8-1-2-8)9(6-17-11)7-3-4-16-5-7/h6-8H,1-5,13H2,(H,14,15). The topological polar surface area (TPSA) is 64.3 Å². The minimum Gasteiger partial charge on any atom is -0.390 e. The number of nitrogen functional groups attached to an aromatic ring is 1. The Kier molecular flexibility index (Phi) is 2.80. The monoisotopic (exact) mass is 252 g/mol. The summed E-state index contributed by atoms with van der Waals surface area (Å²) >= 11 is 1.46. The van der Waals surface area contributed by atoms with Crippen molar-refractivity contribution in [3.8, 4) is 0 Å². The fraction of sp³-hybridized carbons (Fsp3) is 0.583. The lowest BCUT2D eigenvalue weighted by Crippen LogP contribution is -2.27. The average molecular weight is 252 g/mol. The van der Waals surface area contributed by atoms with E-state index in [-0.39, 0.29) is 5.91 Å². The Morgan fingerprint density at radius 1 is 1.47 bits per heavy atom. The molecule has 0 bridgehead atoms. The van der Waals surface area contributed by atoms with Gasteiger partial charge in [-0.25, -0.2) is 0 Å². The van der Waals surface area contributed by atoms with Gasteiger partial charge in [0.2, 0.25) is 0 Å². The molecule has 1 aromatic heterocycles. The molecule has 3 rings (SSSR count). The molecule has 0 spiro atoms. The Morgan fingerprint density at radius 2 is 2.29 bits per heavy atom. The van der Waals surface area contributed by atoms with Gasteiger partial charge in [-0.05, 0) is 30.2 Å². The summed E-state index contributed by atoms with van der Waals surface area (Å²) in [4.78, 5) is 12.1. The zero-order chi connectivity index (χ0) is 11.8. The van der Waals surface area contributed by atoms with Gasteiger partial charge in [0.05, 0.1) is 17.2 Å². The fourth-order valence-electron chi connectivity index (χ4n) is 2.20.